The van der Waals surface area contributed by atoms with Crippen LogP contribution in [0, 0.1) is 0 Å². The highest BCUT2D eigenvalue weighted by Gasteiger charge is 2.34. The van der Waals surface area contributed by atoms with Crippen molar-refractivity contribution >= 4 is 11.6 Å². The maximum atomic E-state index is 12.7. The highest BCUT2D eigenvalue weighted by atomic mass is 19.4. The first kappa shape index (κ1) is 12.4. The Morgan fingerprint density at radius 3 is 2.83 bits per heavy atom. The number of esters is 1. The molecule has 0 saturated carbocycles. The van der Waals surface area contributed by atoms with Crippen molar-refractivity contribution in [1.29, 1.82) is 0 Å². The van der Waals surface area contributed by atoms with Crippen molar-refractivity contribution in [3.05, 3.63) is 35.8 Å². The van der Waals surface area contributed by atoms with Gasteiger partial charge >= 0.3 is 12.1 Å². The number of alkyl halides is 3. The fraction of sp³-hybridized carbons (Fsp3) is 0.273. The zero-order valence-corrected chi connectivity index (χ0v) is 9.36. The van der Waals surface area contributed by atoms with Gasteiger partial charge in [0.2, 0.25) is 0 Å². The van der Waals surface area contributed by atoms with Gasteiger partial charge in [0.25, 0.3) is 0 Å². The molecule has 2 rings (SSSR count). The van der Waals surface area contributed by atoms with Gasteiger partial charge in [-0.15, -0.1) is 0 Å². The van der Waals surface area contributed by atoms with E-state index in [0.717, 1.165) is 10.5 Å². The Labute approximate surface area is 100 Å². The van der Waals surface area contributed by atoms with Gasteiger partial charge in [0.15, 0.2) is 5.69 Å². The van der Waals surface area contributed by atoms with E-state index in [2.05, 4.69) is 9.72 Å². The summed E-state index contributed by atoms with van der Waals surface area (Å²) >= 11 is 0. The minimum atomic E-state index is -4.51. The second kappa shape index (κ2) is 4.32. The van der Waals surface area contributed by atoms with E-state index in [1.54, 1.807) is 6.92 Å². The molecule has 4 nitrogen and oxygen atoms in total. The van der Waals surface area contributed by atoms with Crippen molar-refractivity contribution in [2.45, 2.75) is 13.1 Å². The molecule has 2 aromatic rings. The number of imidazole rings is 1. The van der Waals surface area contributed by atoms with Crippen LogP contribution in [0.15, 0.2) is 24.5 Å². The molecule has 0 spiro atoms. The summed E-state index contributed by atoms with van der Waals surface area (Å²) in [7, 11) is 0. The van der Waals surface area contributed by atoms with Crippen molar-refractivity contribution in [1.82, 2.24) is 9.38 Å². The van der Waals surface area contributed by atoms with E-state index in [0.29, 0.717) is 0 Å². The molecule has 0 atom stereocenters. The topological polar surface area (TPSA) is 43.6 Å². The van der Waals surface area contributed by atoms with Gasteiger partial charge in [0, 0.05) is 12.4 Å². The summed E-state index contributed by atoms with van der Waals surface area (Å²) in [6, 6.07) is 2.16. The highest BCUT2D eigenvalue weighted by molar-refractivity contribution is 5.88. The molecular formula is C11H9F3N2O2. The van der Waals surface area contributed by atoms with E-state index in [4.69, 9.17) is 0 Å². The maximum absolute atomic E-state index is 12.7. The molecule has 0 unspecified atom stereocenters. The number of fused-ring (bicyclic) bond motifs is 1. The van der Waals surface area contributed by atoms with Gasteiger partial charge in [-0.3, -0.25) is 0 Å². The van der Waals surface area contributed by atoms with E-state index in [1.807, 2.05) is 0 Å². The molecule has 96 valence electrons. The van der Waals surface area contributed by atoms with Crippen LogP contribution in [0.3, 0.4) is 0 Å². The van der Waals surface area contributed by atoms with E-state index in [1.165, 1.54) is 18.5 Å². The SMILES string of the molecule is CCOC(=O)c1cn2cccc(C(F)(F)F)c2n1. The lowest BCUT2D eigenvalue weighted by Gasteiger charge is -2.06. The van der Waals surface area contributed by atoms with Crippen LogP contribution in [0.5, 0.6) is 0 Å². The van der Waals surface area contributed by atoms with Crippen LogP contribution in [-0.2, 0) is 10.9 Å². The highest BCUT2D eigenvalue weighted by Crippen LogP contribution is 2.31. The van der Waals surface area contributed by atoms with Crippen molar-refractivity contribution in [2.24, 2.45) is 0 Å². The number of hydrogen-bond acceptors (Lipinski definition) is 3. The summed E-state index contributed by atoms with van der Waals surface area (Å²) in [5.41, 5.74) is -1.35. The van der Waals surface area contributed by atoms with E-state index in [9.17, 15) is 18.0 Å². The lowest BCUT2D eigenvalue weighted by atomic mass is 10.2. The predicted octanol–water partition coefficient (Wildman–Crippen LogP) is 2.53. The van der Waals surface area contributed by atoms with Crippen LogP contribution < -0.4 is 0 Å². The van der Waals surface area contributed by atoms with Crippen LogP contribution in [-0.4, -0.2) is 22.0 Å². The monoisotopic (exact) mass is 258 g/mol. The molecule has 0 bridgehead atoms. The zero-order chi connectivity index (χ0) is 13.3. The molecular weight excluding hydrogens is 249 g/mol. The van der Waals surface area contributed by atoms with Crippen LogP contribution in [0.4, 0.5) is 13.2 Å². The summed E-state index contributed by atoms with van der Waals surface area (Å²) in [6.07, 6.45) is -1.91. The number of nitrogens with zero attached hydrogens (tertiary/aromatic N) is 2. The molecule has 0 aliphatic carbocycles. The summed E-state index contributed by atoms with van der Waals surface area (Å²) in [4.78, 5) is 15.1. The fourth-order valence-electron chi connectivity index (χ4n) is 1.54. The van der Waals surface area contributed by atoms with E-state index >= 15 is 0 Å². The fourth-order valence-corrected chi connectivity index (χ4v) is 1.54. The largest absolute Gasteiger partial charge is 0.461 e. The van der Waals surface area contributed by atoms with Gasteiger partial charge in [-0.1, -0.05) is 0 Å². The number of carbonyl (C=O) groups excluding carboxylic acids is 1. The Kier molecular flexibility index (Phi) is 2.98. The number of aromatic nitrogens is 2. The van der Waals surface area contributed by atoms with Crippen LogP contribution in [0.25, 0.3) is 5.65 Å². The number of halogens is 3. The van der Waals surface area contributed by atoms with Gasteiger partial charge in [0.1, 0.15) is 5.65 Å². The summed E-state index contributed by atoms with van der Waals surface area (Å²) in [5, 5.41) is 0. The Bertz CT molecular complexity index is 589. The van der Waals surface area contributed by atoms with Crippen molar-refractivity contribution in [3.8, 4) is 0 Å². The molecule has 2 heterocycles. The van der Waals surface area contributed by atoms with Crippen molar-refractivity contribution < 1.29 is 22.7 Å². The predicted molar refractivity (Wildman–Crippen MR) is 56.2 cm³/mol. The molecule has 0 radical (unpaired) electrons. The number of carbonyl (C=O) groups is 1. The second-order valence-electron chi connectivity index (χ2n) is 3.50. The van der Waals surface area contributed by atoms with Crippen molar-refractivity contribution in [3.63, 3.8) is 0 Å². The minimum Gasteiger partial charge on any atom is -0.461 e. The Morgan fingerprint density at radius 2 is 2.22 bits per heavy atom. The molecule has 2 aromatic heterocycles. The molecule has 0 saturated heterocycles. The summed E-state index contributed by atoms with van der Waals surface area (Å²) < 4.78 is 44.0. The number of ether oxygens (including phenoxy) is 1. The first-order valence-corrected chi connectivity index (χ1v) is 5.15. The lowest BCUT2D eigenvalue weighted by molar-refractivity contribution is -0.136. The van der Waals surface area contributed by atoms with E-state index < -0.39 is 17.7 Å². The molecule has 0 amide bonds. The third kappa shape index (κ3) is 2.15. The first-order valence-electron chi connectivity index (χ1n) is 5.15. The first-order chi connectivity index (χ1) is 8.43. The Balaban J connectivity index is 2.55. The van der Waals surface area contributed by atoms with Crippen LogP contribution >= 0.6 is 0 Å². The van der Waals surface area contributed by atoms with E-state index in [-0.39, 0.29) is 17.9 Å². The van der Waals surface area contributed by atoms with Crippen LogP contribution in [0.2, 0.25) is 0 Å². The quantitative estimate of drug-likeness (QED) is 0.777. The minimum absolute atomic E-state index is 0.138. The molecule has 0 aliphatic heterocycles. The number of pyridine rings is 1. The summed E-state index contributed by atoms with van der Waals surface area (Å²) in [5.74, 6) is -0.741. The van der Waals surface area contributed by atoms with Gasteiger partial charge in [-0.25, -0.2) is 9.78 Å². The molecule has 0 aromatic carbocycles. The zero-order valence-electron chi connectivity index (χ0n) is 9.36. The van der Waals surface area contributed by atoms with Gasteiger partial charge in [-0.05, 0) is 19.1 Å². The van der Waals surface area contributed by atoms with Gasteiger partial charge in [-0.2, -0.15) is 13.2 Å². The standard InChI is InChI=1S/C11H9F3N2O2/c1-2-18-10(17)8-6-16-5-3-4-7(9(16)15-8)11(12,13)14/h3-6H,2H2,1H3. The van der Waals surface area contributed by atoms with Gasteiger partial charge in [0.05, 0.1) is 12.2 Å². The smallest absolute Gasteiger partial charge is 0.419 e. The summed E-state index contributed by atoms with van der Waals surface area (Å²) in [6.45, 7) is 1.74. The van der Waals surface area contributed by atoms with Gasteiger partial charge < -0.3 is 9.14 Å². The molecule has 0 aliphatic rings. The number of hydrogen-bond donors (Lipinski definition) is 0. The normalized spacial score (nSPS) is 11.8. The molecule has 18 heavy (non-hydrogen) atoms. The number of rotatable bonds is 2. The maximum Gasteiger partial charge on any atom is 0.419 e. The molecule has 0 N–H and O–H groups in total. The lowest BCUT2D eigenvalue weighted by Crippen LogP contribution is -2.07. The third-order valence-corrected chi connectivity index (χ3v) is 2.27. The average molecular weight is 258 g/mol. The average Bonchev–Trinajstić information content (AvgIpc) is 2.71. The second-order valence-corrected chi connectivity index (χ2v) is 3.50. The third-order valence-electron chi connectivity index (χ3n) is 2.27. The van der Waals surface area contributed by atoms with Crippen LogP contribution in [0.1, 0.15) is 23.0 Å². The van der Waals surface area contributed by atoms with Crippen molar-refractivity contribution in [2.75, 3.05) is 6.61 Å². The Hall–Kier alpha value is -2.05. The molecule has 7 heteroatoms. The Morgan fingerprint density at radius 1 is 1.50 bits per heavy atom. The molecule has 0 fully saturated rings.